The first-order valence-electron chi connectivity index (χ1n) is 10.3. The van der Waals surface area contributed by atoms with E-state index in [1.165, 1.54) is 16.7 Å². The number of aromatic nitrogens is 3. The number of nitrogens with one attached hydrogen (secondary N) is 1. The van der Waals surface area contributed by atoms with Crippen LogP contribution in [0.15, 0.2) is 53.7 Å². The second kappa shape index (κ2) is 11.2. The monoisotopic (exact) mass is 471 g/mol. The van der Waals surface area contributed by atoms with Crippen LogP contribution in [-0.4, -0.2) is 50.8 Å². The van der Waals surface area contributed by atoms with E-state index in [4.69, 9.17) is 11.6 Å². The molecule has 0 saturated carbocycles. The molecule has 2 amide bonds. The van der Waals surface area contributed by atoms with E-state index in [0.717, 1.165) is 29.9 Å². The van der Waals surface area contributed by atoms with Gasteiger partial charge in [-0.3, -0.25) is 9.59 Å². The molecule has 0 spiro atoms. The van der Waals surface area contributed by atoms with Gasteiger partial charge in [0.1, 0.15) is 0 Å². The third-order valence-corrected chi connectivity index (χ3v) is 6.00. The van der Waals surface area contributed by atoms with Crippen molar-refractivity contribution in [2.24, 2.45) is 0 Å². The van der Waals surface area contributed by atoms with Gasteiger partial charge in [0, 0.05) is 19.2 Å². The van der Waals surface area contributed by atoms with Crippen molar-refractivity contribution in [2.75, 3.05) is 24.7 Å². The molecule has 1 heterocycles. The van der Waals surface area contributed by atoms with E-state index >= 15 is 0 Å². The number of halogens is 1. The Morgan fingerprint density at radius 1 is 1.16 bits per heavy atom. The highest BCUT2D eigenvalue weighted by atomic mass is 35.5. The molecule has 2 aromatic carbocycles. The predicted octanol–water partition coefficient (Wildman–Crippen LogP) is 4.51. The summed E-state index contributed by atoms with van der Waals surface area (Å²) in [7, 11) is 1.60. The Labute approximate surface area is 197 Å². The first-order valence-corrected chi connectivity index (χ1v) is 11.7. The molecule has 0 radical (unpaired) electrons. The van der Waals surface area contributed by atoms with Crippen LogP contribution in [0.4, 0.5) is 5.69 Å². The summed E-state index contributed by atoms with van der Waals surface area (Å²) in [5.74, 6) is 0.464. The van der Waals surface area contributed by atoms with Crippen molar-refractivity contribution in [2.45, 2.75) is 32.0 Å². The van der Waals surface area contributed by atoms with Gasteiger partial charge in [0.25, 0.3) is 0 Å². The second-order valence-electron chi connectivity index (χ2n) is 7.39. The highest BCUT2D eigenvalue weighted by Gasteiger charge is 2.18. The van der Waals surface area contributed by atoms with Gasteiger partial charge >= 0.3 is 0 Å². The van der Waals surface area contributed by atoms with Crippen LogP contribution in [0.3, 0.4) is 0 Å². The largest absolute Gasteiger partial charge is 0.336 e. The van der Waals surface area contributed by atoms with Gasteiger partial charge in [-0.2, -0.15) is 0 Å². The van der Waals surface area contributed by atoms with E-state index in [-0.39, 0.29) is 24.1 Å². The number of carbonyl (C=O) groups excluding carboxylic acids is 2. The van der Waals surface area contributed by atoms with E-state index in [0.29, 0.717) is 15.9 Å². The molecule has 1 aromatic heterocycles. The molecule has 0 aliphatic rings. The number of hydrogen-bond acceptors (Lipinski definition) is 5. The maximum absolute atomic E-state index is 12.6. The minimum Gasteiger partial charge on any atom is -0.336 e. The van der Waals surface area contributed by atoms with E-state index < -0.39 is 0 Å². The first-order chi connectivity index (χ1) is 15.4. The van der Waals surface area contributed by atoms with Crippen molar-refractivity contribution in [1.82, 2.24) is 19.7 Å². The van der Waals surface area contributed by atoms with Crippen LogP contribution < -0.4 is 5.32 Å². The average Bonchev–Trinajstić information content (AvgIpc) is 3.16. The highest BCUT2D eigenvalue weighted by molar-refractivity contribution is 7.99. The average molecular weight is 472 g/mol. The molecule has 0 bridgehead atoms. The fourth-order valence-corrected chi connectivity index (χ4v) is 4.20. The first kappa shape index (κ1) is 23.8. The fourth-order valence-electron chi connectivity index (χ4n) is 3.11. The molecule has 168 valence electrons. The fraction of sp³-hybridized carbons (Fsp3) is 0.304. The summed E-state index contributed by atoms with van der Waals surface area (Å²) in [5, 5.41) is 12.5. The molecule has 0 fully saturated rings. The van der Waals surface area contributed by atoms with Crippen molar-refractivity contribution >= 4 is 40.9 Å². The Balaban J connectivity index is 1.61. The number of aryl methyl sites for hydroxylation is 1. The van der Waals surface area contributed by atoms with Gasteiger partial charge in [-0.05, 0) is 31.5 Å². The number of benzene rings is 2. The van der Waals surface area contributed by atoms with Crippen LogP contribution in [0.1, 0.15) is 18.9 Å². The smallest absolute Gasteiger partial charge is 0.244 e. The number of anilines is 1. The molecule has 3 rings (SSSR count). The molecule has 0 saturated heterocycles. The number of carbonyl (C=O) groups is 2. The predicted molar refractivity (Wildman–Crippen MR) is 129 cm³/mol. The quantitative estimate of drug-likeness (QED) is 0.464. The van der Waals surface area contributed by atoms with Crippen molar-refractivity contribution in [1.29, 1.82) is 0 Å². The summed E-state index contributed by atoms with van der Waals surface area (Å²) >= 11 is 7.39. The van der Waals surface area contributed by atoms with E-state index in [1.807, 2.05) is 29.7 Å². The van der Waals surface area contributed by atoms with Crippen LogP contribution in [0.5, 0.6) is 0 Å². The zero-order chi connectivity index (χ0) is 23.1. The van der Waals surface area contributed by atoms with Crippen LogP contribution in [0.2, 0.25) is 5.02 Å². The van der Waals surface area contributed by atoms with Gasteiger partial charge in [-0.15, -0.1) is 10.2 Å². The topological polar surface area (TPSA) is 80.1 Å². The lowest BCUT2D eigenvalue weighted by molar-refractivity contribution is -0.131. The zero-order valence-electron chi connectivity index (χ0n) is 18.3. The summed E-state index contributed by atoms with van der Waals surface area (Å²) in [6.07, 6.45) is 0.917. The highest BCUT2D eigenvalue weighted by Crippen LogP contribution is 2.25. The number of nitrogens with zero attached hydrogens (tertiary/aromatic N) is 4. The van der Waals surface area contributed by atoms with Gasteiger partial charge in [0.05, 0.1) is 23.0 Å². The number of amides is 2. The van der Waals surface area contributed by atoms with Gasteiger partial charge < -0.3 is 14.8 Å². The summed E-state index contributed by atoms with van der Waals surface area (Å²) in [6, 6.07) is 15.1. The van der Waals surface area contributed by atoms with Crippen LogP contribution in [-0.2, 0) is 16.1 Å². The third kappa shape index (κ3) is 6.11. The van der Waals surface area contributed by atoms with Crippen molar-refractivity contribution in [3.63, 3.8) is 0 Å². The normalized spacial score (nSPS) is 10.8. The number of likely N-dealkylation sites (N-methyl/N-ethyl adjacent to an activating group) is 1. The standard InChI is InChI=1S/C23H26ClN5O2S/c1-4-12-29-22(17-9-7-8-16(2)13-17)26-27-23(29)32-15-21(31)28(3)14-20(30)25-19-11-6-5-10-18(19)24/h5-11,13H,4,12,14-15H2,1-3H3,(H,25,30). The number of para-hydroxylation sites is 1. The molecule has 0 atom stereocenters. The lowest BCUT2D eigenvalue weighted by atomic mass is 10.1. The maximum Gasteiger partial charge on any atom is 0.244 e. The maximum atomic E-state index is 12.6. The molecular formula is C23H26ClN5O2S. The molecular weight excluding hydrogens is 446 g/mol. The summed E-state index contributed by atoms with van der Waals surface area (Å²) in [6.45, 7) is 4.81. The molecule has 1 N–H and O–H groups in total. The number of thioether (sulfide) groups is 1. The van der Waals surface area contributed by atoms with Crippen LogP contribution >= 0.6 is 23.4 Å². The van der Waals surface area contributed by atoms with Crippen molar-refractivity contribution < 1.29 is 9.59 Å². The van der Waals surface area contributed by atoms with Crippen molar-refractivity contribution in [3.05, 3.63) is 59.1 Å². The number of rotatable bonds is 9. The zero-order valence-corrected chi connectivity index (χ0v) is 19.9. The van der Waals surface area contributed by atoms with Gasteiger partial charge in [-0.1, -0.05) is 66.2 Å². The molecule has 9 heteroatoms. The molecule has 7 nitrogen and oxygen atoms in total. The van der Waals surface area contributed by atoms with Crippen LogP contribution in [0.25, 0.3) is 11.4 Å². The van der Waals surface area contributed by atoms with E-state index in [1.54, 1.807) is 31.3 Å². The lowest BCUT2D eigenvalue weighted by Gasteiger charge is -2.17. The Kier molecular flexibility index (Phi) is 8.30. The third-order valence-electron chi connectivity index (χ3n) is 4.72. The van der Waals surface area contributed by atoms with Crippen molar-refractivity contribution in [3.8, 4) is 11.4 Å². The summed E-state index contributed by atoms with van der Waals surface area (Å²) < 4.78 is 2.04. The Morgan fingerprint density at radius 3 is 2.66 bits per heavy atom. The van der Waals surface area contributed by atoms with Gasteiger partial charge in [-0.25, -0.2) is 0 Å². The Bertz CT molecular complexity index is 1100. The molecule has 0 aliphatic carbocycles. The van der Waals surface area contributed by atoms with Gasteiger partial charge in [0.15, 0.2) is 11.0 Å². The molecule has 32 heavy (non-hydrogen) atoms. The minimum atomic E-state index is -0.310. The summed E-state index contributed by atoms with van der Waals surface area (Å²) in [4.78, 5) is 26.3. The molecule has 0 unspecified atom stereocenters. The Morgan fingerprint density at radius 2 is 1.94 bits per heavy atom. The molecule has 0 aliphatic heterocycles. The lowest BCUT2D eigenvalue weighted by Crippen LogP contribution is -2.36. The van der Waals surface area contributed by atoms with Crippen LogP contribution in [0, 0.1) is 6.92 Å². The van der Waals surface area contributed by atoms with E-state index in [2.05, 4.69) is 28.5 Å². The Hall–Kier alpha value is -2.84. The second-order valence-corrected chi connectivity index (χ2v) is 8.74. The van der Waals surface area contributed by atoms with E-state index in [9.17, 15) is 9.59 Å². The summed E-state index contributed by atoms with van der Waals surface area (Å²) in [5.41, 5.74) is 2.66. The SMILES string of the molecule is CCCn1c(SCC(=O)N(C)CC(=O)Nc2ccccc2Cl)nnc1-c1cccc(C)c1. The molecule has 3 aromatic rings. The van der Waals surface area contributed by atoms with Gasteiger partial charge in [0.2, 0.25) is 11.8 Å². The number of hydrogen-bond donors (Lipinski definition) is 1. The minimum absolute atomic E-state index is 0.0686.